The number of phenols is 1. The fourth-order valence-corrected chi connectivity index (χ4v) is 2.13. The molecule has 2 aromatic rings. The number of nitrogens with one attached hydrogen (secondary N) is 1. The number of urea groups is 1. The second-order valence-electron chi connectivity index (χ2n) is 4.95. The van der Waals surface area contributed by atoms with Crippen LogP contribution in [0.2, 0.25) is 0 Å². The summed E-state index contributed by atoms with van der Waals surface area (Å²) in [6, 6.07) is 15.3. The van der Waals surface area contributed by atoms with E-state index >= 15 is 0 Å². The molecule has 5 heteroatoms. The van der Waals surface area contributed by atoms with Crippen LogP contribution in [-0.4, -0.2) is 34.2 Å². The summed E-state index contributed by atoms with van der Waals surface area (Å²) in [5, 5.41) is 22.5. The predicted molar refractivity (Wildman–Crippen MR) is 85.8 cm³/mol. The Kier molecular flexibility index (Phi) is 5.38. The molecule has 0 heterocycles. The Morgan fingerprint density at radius 3 is 2.55 bits per heavy atom. The number of benzene rings is 2. The number of nitrogens with zero attached hydrogens (tertiary/aromatic N) is 1. The van der Waals surface area contributed by atoms with Gasteiger partial charge in [-0.25, -0.2) is 4.79 Å². The zero-order valence-electron chi connectivity index (χ0n) is 12.4. The molecule has 0 spiro atoms. The van der Waals surface area contributed by atoms with Crippen LogP contribution in [0.5, 0.6) is 5.75 Å². The first-order valence-corrected chi connectivity index (χ1v) is 7.18. The third kappa shape index (κ3) is 4.23. The Bertz CT molecular complexity index is 616. The minimum atomic E-state index is -0.853. The average molecular weight is 300 g/mol. The van der Waals surface area contributed by atoms with Gasteiger partial charge in [-0.2, -0.15) is 0 Å². The molecule has 3 N–H and O–H groups in total. The van der Waals surface area contributed by atoms with Crippen LogP contribution in [0.4, 0.5) is 10.5 Å². The molecule has 0 aromatic heterocycles. The monoisotopic (exact) mass is 300 g/mol. The lowest BCUT2D eigenvalue weighted by Gasteiger charge is -2.24. The second kappa shape index (κ2) is 7.47. The largest absolute Gasteiger partial charge is 0.508 e. The van der Waals surface area contributed by atoms with Crippen molar-refractivity contribution in [3.8, 4) is 5.75 Å². The van der Waals surface area contributed by atoms with Crippen molar-refractivity contribution in [2.45, 2.75) is 13.0 Å². The molecule has 1 unspecified atom stereocenters. The Morgan fingerprint density at radius 2 is 1.91 bits per heavy atom. The molecule has 0 bridgehead atoms. The number of aliphatic hydroxyl groups is 1. The van der Waals surface area contributed by atoms with Gasteiger partial charge in [0.2, 0.25) is 0 Å². The van der Waals surface area contributed by atoms with Gasteiger partial charge in [0.15, 0.2) is 0 Å². The smallest absolute Gasteiger partial charge is 0.321 e. The third-order valence-electron chi connectivity index (χ3n) is 3.34. The highest BCUT2D eigenvalue weighted by Gasteiger charge is 2.17. The number of carbonyl (C=O) groups is 1. The van der Waals surface area contributed by atoms with Crippen molar-refractivity contribution < 1.29 is 15.0 Å². The Labute approximate surface area is 129 Å². The number of amides is 2. The molecule has 0 aliphatic rings. The van der Waals surface area contributed by atoms with Crippen molar-refractivity contribution in [2.75, 3.05) is 18.4 Å². The summed E-state index contributed by atoms with van der Waals surface area (Å²) in [4.78, 5) is 13.7. The molecule has 0 aliphatic carbocycles. The van der Waals surface area contributed by atoms with Crippen LogP contribution >= 0.6 is 0 Å². The van der Waals surface area contributed by atoms with E-state index in [0.717, 1.165) is 0 Å². The molecule has 2 aromatic carbocycles. The number of anilines is 1. The van der Waals surface area contributed by atoms with Crippen molar-refractivity contribution in [3.63, 3.8) is 0 Å². The molecule has 0 saturated carbocycles. The highest BCUT2D eigenvalue weighted by atomic mass is 16.3. The van der Waals surface area contributed by atoms with Crippen molar-refractivity contribution in [1.82, 2.24) is 4.90 Å². The first kappa shape index (κ1) is 15.9. The number of aromatic hydroxyl groups is 1. The topological polar surface area (TPSA) is 72.8 Å². The van der Waals surface area contributed by atoms with Crippen LogP contribution in [0.25, 0.3) is 0 Å². The lowest BCUT2D eigenvalue weighted by molar-refractivity contribution is 0.128. The molecule has 0 fully saturated rings. The summed E-state index contributed by atoms with van der Waals surface area (Å²) in [5.41, 5.74) is 1.28. The van der Waals surface area contributed by atoms with Gasteiger partial charge in [-0.1, -0.05) is 30.3 Å². The summed E-state index contributed by atoms with van der Waals surface area (Å²) < 4.78 is 0. The summed E-state index contributed by atoms with van der Waals surface area (Å²) in [5.74, 6) is 0.0911. The second-order valence-corrected chi connectivity index (χ2v) is 4.95. The van der Waals surface area contributed by atoms with Gasteiger partial charge in [0, 0.05) is 12.2 Å². The van der Waals surface area contributed by atoms with Gasteiger partial charge in [-0.15, -0.1) is 0 Å². The third-order valence-corrected chi connectivity index (χ3v) is 3.34. The lowest BCUT2D eigenvalue weighted by Crippen LogP contribution is -2.37. The quantitative estimate of drug-likeness (QED) is 0.795. The normalized spacial score (nSPS) is 11.7. The first-order valence-electron chi connectivity index (χ1n) is 7.18. The summed E-state index contributed by atoms with van der Waals surface area (Å²) in [6.45, 7) is 2.47. The molecule has 1 atom stereocenters. The highest BCUT2D eigenvalue weighted by Crippen LogP contribution is 2.19. The fourth-order valence-electron chi connectivity index (χ4n) is 2.13. The predicted octanol–water partition coefficient (Wildman–Crippen LogP) is 2.98. The molecule has 2 amide bonds. The molecule has 0 radical (unpaired) electrons. The van der Waals surface area contributed by atoms with E-state index in [4.69, 9.17) is 0 Å². The number of carbonyl (C=O) groups excluding carboxylic acids is 1. The van der Waals surface area contributed by atoms with E-state index in [2.05, 4.69) is 5.32 Å². The fraction of sp³-hybridized carbons (Fsp3) is 0.235. The maximum atomic E-state index is 12.2. The first-order chi connectivity index (χ1) is 10.6. The van der Waals surface area contributed by atoms with E-state index in [0.29, 0.717) is 17.8 Å². The zero-order valence-corrected chi connectivity index (χ0v) is 12.4. The molecule has 116 valence electrons. The van der Waals surface area contributed by atoms with Gasteiger partial charge in [0.05, 0.1) is 12.6 Å². The van der Waals surface area contributed by atoms with E-state index in [1.165, 1.54) is 17.0 Å². The van der Waals surface area contributed by atoms with Gasteiger partial charge < -0.3 is 20.4 Å². The van der Waals surface area contributed by atoms with Crippen molar-refractivity contribution >= 4 is 11.7 Å². The van der Waals surface area contributed by atoms with Crippen LogP contribution in [0.1, 0.15) is 18.6 Å². The van der Waals surface area contributed by atoms with Crippen LogP contribution in [-0.2, 0) is 0 Å². The van der Waals surface area contributed by atoms with Crippen molar-refractivity contribution in [3.05, 3.63) is 60.2 Å². The maximum absolute atomic E-state index is 12.2. The number of hydrogen-bond acceptors (Lipinski definition) is 3. The van der Waals surface area contributed by atoms with E-state index in [-0.39, 0.29) is 18.3 Å². The van der Waals surface area contributed by atoms with Gasteiger partial charge in [-0.05, 0) is 36.8 Å². The van der Waals surface area contributed by atoms with Crippen molar-refractivity contribution in [1.29, 1.82) is 0 Å². The molecule has 0 saturated heterocycles. The van der Waals surface area contributed by atoms with Gasteiger partial charge in [-0.3, -0.25) is 0 Å². The minimum Gasteiger partial charge on any atom is -0.508 e. The Morgan fingerprint density at radius 1 is 1.18 bits per heavy atom. The SMILES string of the molecule is CCN(CC(O)c1cccc(O)c1)C(=O)Nc1ccccc1. The minimum absolute atomic E-state index is 0.0911. The Balaban J connectivity index is 2.00. The van der Waals surface area contributed by atoms with E-state index < -0.39 is 6.10 Å². The maximum Gasteiger partial charge on any atom is 0.321 e. The van der Waals surface area contributed by atoms with Crippen molar-refractivity contribution in [2.24, 2.45) is 0 Å². The molecular weight excluding hydrogens is 280 g/mol. The standard InChI is InChI=1S/C17H20N2O3/c1-2-19(17(22)18-14-8-4-3-5-9-14)12-16(21)13-7-6-10-15(20)11-13/h3-11,16,20-21H,2,12H2,1H3,(H,18,22). The molecular formula is C17H20N2O3. The van der Waals surface area contributed by atoms with Crippen LogP contribution < -0.4 is 5.32 Å². The number of para-hydroxylation sites is 1. The van der Waals surface area contributed by atoms with Crippen LogP contribution in [0.3, 0.4) is 0 Å². The molecule has 22 heavy (non-hydrogen) atoms. The molecule has 0 aliphatic heterocycles. The summed E-state index contributed by atoms with van der Waals surface area (Å²) in [7, 11) is 0. The lowest BCUT2D eigenvalue weighted by atomic mass is 10.1. The number of hydrogen-bond donors (Lipinski definition) is 3. The average Bonchev–Trinajstić information content (AvgIpc) is 2.53. The number of rotatable bonds is 5. The molecule has 5 nitrogen and oxygen atoms in total. The Hall–Kier alpha value is -2.53. The van der Waals surface area contributed by atoms with Gasteiger partial charge in [0.25, 0.3) is 0 Å². The van der Waals surface area contributed by atoms with Crippen LogP contribution in [0.15, 0.2) is 54.6 Å². The number of likely N-dealkylation sites (N-methyl/N-ethyl adjacent to an activating group) is 1. The van der Waals surface area contributed by atoms with E-state index in [1.54, 1.807) is 24.3 Å². The highest BCUT2D eigenvalue weighted by molar-refractivity contribution is 5.89. The zero-order chi connectivity index (χ0) is 15.9. The number of aliphatic hydroxyl groups excluding tert-OH is 1. The van der Waals surface area contributed by atoms with E-state index in [9.17, 15) is 15.0 Å². The summed E-state index contributed by atoms with van der Waals surface area (Å²) >= 11 is 0. The summed E-state index contributed by atoms with van der Waals surface area (Å²) in [6.07, 6.45) is -0.853. The van der Waals surface area contributed by atoms with Gasteiger partial charge >= 0.3 is 6.03 Å². The number of phenolic OH excluding ortho intramolecular Hbond substituents is 1. The van der Waals surface area contributed by atoms with Crippen LogP contribution in [0, 0.1) is 0 Å². The van der Waals surface area contributed by atoms with Gasteiger partial charge in [0.1, 0.15) is 5.75 Å². The van der Waals surface area contributed by atoms with E-state index in [1.807, 2.05) is 25.1 Å². The molecule has 2 rings (SSSR count).